The molecule has 7 aromatic carbocycles. The van der Waals surface area contributed by atoms with Crippen molar-refractivity contribution < 1.29 is 0 Å². The van der Waals surface area contributed by atoms with Crippen molar-refractivity contribution in [3.63, 3.8) is 0 Å². The molecule has 258 valence electrons. The van der Waals surface area contributed by atoms with Crippen LogP contribution in [0.3, 0.4) is 0 Å². The first-order chi connectivity index (χ1) is 27.3. The summed E-state index contributed by atoms with van der Waals surface area (Å²) in [6, 6.07) is 56.6. The van der Waals surface area contributed by atoms with E-state index in [1.54, 1.807) is 0 Å². The average Bonchev–Trinajstić information content (AvgIpc) is 3.89. The third-order valence-corrected chi connectivity index (χ3v) is 11.4. The van der Waals surface area contributed by atoms with Gasteiger partial charge in [-0.05, 0) is 78.2 Å². The average molecular weight is 704 g/mol. The third-order valence-electron chi connectivity index (χ3n) is 11.4. The molecule has 0 fully saturated rings. The van der Waals surface area contributed by atoms with E-state index < -0.39 is 0 Å². The van der Waals surface area contributed by atoms with Gasteiger partial charge in [-0.2, -0.15) is 0 Å². The van der Waals surface area contributed by atoms with E-state index in [0.717, 1.165) is 68.5 Å². The topological polar surface area (TPSA) is 40.6 Å². The normalized spacial score (nSPS) is 13.3. The Hall–Kier alpha value is -7.24. The number of allylic oxidation sites excluding steroid dienone is 4. The van der Waals surface area contributed by atoms with Gasteiger partial charge in [-0.3, -0.25) is 4.57 Å². The quantitative estimate of drug-likeness (QED) is 0.183. The Morgan fingerprint density at radius 3 is 1.78 bits per heavy atom. The van der Waals surface area contributed by atoms with E-state index in [4.69, 9.17) is 9.97 Å². The number of hydrogen-bond acceptors (Lipinski definition) is 2. The molecule has 0 aliphatic heterocycles. The van der Waals surface area contributed by atoms with Gasteiger partial charge in [0.1, 0.15) is 11.2 Å². The number of aromatic nitrogens is 5. The van der Waals surface area contributed by atoms with Crippen LogP contribution in [-0.4, -0.2) is 23.7 Å². The maximum Gasteiger partial charge on any atom is 0.235 e. The first-order valence-electron chi connectivity index (χ1n) is 19.0. The second kappa shape index (κ2) is 11.6. The van der Waals surface area contributed by atoms with Gasteiger partial charge >= 0.3 is 0 Å². The van der Waals surface area contributed by atoms with Crippen molar-refractivity contribution in [2.75, 3.05) is 0 Å². The van der Waals surface area contributed by atoms with Crippen LogP contribution in [0.15, 0.2) is 176 Å². The number of rotatable bonds is 4. The van der Waals surface area contributed by atoms with Crippen molar-refractivity contribution in [3.8, 4) is 22.9 Å². The summed E-state index contributed by atoms with van der Waals surface area (Å²) < 4.78 is 7.07. The molecule has 4 aromatic heterocycles. The fourth-order valence-corrected chi connectivity index (χ4v) is 9.09. The Labute approximate surface area is 316 Å². The molecule has 0 spiro atoms. The van der Waals surface area contributed by atoms with Crippen molar-refractivity contribution in [1.29, 1.82) is 0 Å². The van der Waals surface area contributed by atoms with Crippen LogP contribution < -0.4 is 0 Å². The fourth-order valence-electron chi connectivity index (χ4n) is 9.09. The molecule has 0 bridgehead atoms. The van der Waals surface area contributed by atoms with Gasteiger partial charge in [-0.1, -0.05) is 121 Å². The lowest BCUT2D eigenvalue weighted by Gasteiger charge is -2.15. The molecule has 0 amide bonds. The lowest BCUT2D eigenvalue weighted by atomic mass is 10.1. The zero-order chi connectivity index (χ0) is 36.0. The molecule has 11 aromatic rings. The summed E-state index contributed by atoms with van der Waals surface area (Å²) in [5.41, 5.74) is 11.9. The Bertz CT molecular complexity index is 3410. The summed E-state index contributed by atoms with van der Waals surface area (Å²) in [6.45, 7) is 0. The van der Waals surface area contributed by atoms with E-state index >= 15 is 0 Å². The molecule has 0 unspecified atom stereocenters. The van der Waals surface area contributed by atoms with Crippen LogP contribution in [0.2, 0.25) is 0 Å². The minimum atomic E-state index is 0.657. The standard InChI is InChI=1S/C50H33N5/c1-4-16-32(17-5-1)47-49-48(39-30-33-18-10-11-19-34(33)31-44(39)54(49)36-22-8-3-9-23-36)52-50(51-47)55-41-27-15-13-25-38(41)46-43(55)29-28-42-45(46)37-24-12-14-26-40(37)53(42)35-20-6-2-7-21-35/h1-2,4-8,10-31H,3,9H2. The highest BCUT2D eigenvalue weighted by molar-refractivity contribution is 6.29. The van der Waals surface area contributed by atoms with Crippen LogP contribution in [0.1, 0.15) is 12.8 Å². The van der Waals surface area contributed by atoms with Crippen LogP contribution in [0.5, 0.6) is 0 Å². The van der Waals surface area contributed by atoms with Gasteiger partial charge in [0.05, 0.1) is 33.1 Å². The zero-order valence-electron chi connectivity index (χ0n) is 29.9. The van der Waals surface area contributed by atoms with E-state index in [1.807, 2.05) is 0 Å². The largest absolute Gasteiger partial charge is 0.309 e. The van der Waals surface area contributed by atoms with Crippen LogP contribution in [0.4, 0.5) is 0 Å². The molecule has 5 heteroatoms. The maximum absolute atomic E-state index is 5.62. The molecular formula is C50H33N5. The molecule has 0 saturated heterocycles. The molecule has 12 rings (SSSR count). The number of fused-ring (bicyclic) bond motifs is 11. The van der Waals surface area contributed by atoms with Crippen molar-refractivity contribution in [2.45, 2.75) is 12.8 Å². The number of benzene rings is 7. The van der Waals surface area contributed by atoms with Gasteiger partial charge in [0.15, 0.2) is 0 Å². The third kappa shape index (κ3) is 4.35. The van der Waals surface area contributed by atoms with Gasteiger partial charge in [-0.25, -0.2) is 9.97 Å². The molecule has 0 radical (unpaired) electrons. The molecule has 0 N–H and O–H groups in total. The van der Waals surface area contributed by atoms with Crippen LogP contribution in [0.25, 0.3) is 105 Å². The second-order valence-electron chi connectivity index (χ2n) is 14.5. The lowest BCUT2D eigenvalue weighted by Crippen LogP contribution is -2.05. The maximum atomic E-state index is 5.62. The Balaban J connectivity index is 1.25. The highest BCUT2D eigenvalue weighted by Gasteiger charge is 2.25. The predicted molar refractivity (Wildman–Crippen MR) is 229 cm³/mol. The highest BCUT2D eigenvalue weighted by Crippen LogP contribution is 2.44. The van der Waals surface area contributed by atoms with Gasteiger partial charge < -0.3 is 9.13 Å². The van der Waals surface area contributed by atoms with Crippen molar-refractivity contribution in [3.05, 3.63) is 176 Å². The van der Waals surface area contributed by atoms with E-state index in [9.17, 15) is 0 Å². The zero-order valence-corrected chi connectivity index (χ0v) is 29.9. The molecule has 55 heavy (non-hydrogen) atoms. The summed E-state index contributed by atoms with van der Waals surface area (Å²) >= 11 is 0. The number of nitrogens with zero attached hydrogens (tertiary/aromatic N) is 5. The molecular weight excluding hydrogens is 671 g/mol. The van der Waals surface area contributed by atoms with Crippen LogP contribution in [-0.2, 0) is 0 Å². The number of hydrogen-bond donors (Lipinski definition) is 0. The van der Waals surface area contributed by atoms with Gasteiger partial charge in [-0.15, -0.1) is 0 Å². The second-order valence-corrected chi connectivity index (χ2v) is 14.5. The molecule has 4 heterocycles. The summed E-state index contributed by atoms with van der Waals surface area (Å²) in [5.74, 6) is 0.657. The van der Waals surface area contributed by atoms with Gasteiger partial charge in [0, 0.05) is 43.9 Å². The van der Waals surface area contributed by atoms with E-state index in [-0.39, 0.29) is 0 Å². The van der Waals surface area contributed by atoms with E-state index in [1.165, 1.54) is 43.4 Å². The summed E-state index contributed by atoms with van der Waals surface area (Å²) in [5, 5.41) is 8.34. The van der Waals surface area contributed by atoms with E-state index in [2.05, 4.69) is 190 Å². The van der Waals surface area contributed by atoms with Crippen molar-refractivity contribution >= 4 is 82.0 Å². The monoisotopic (exact) mass is 703 g/mol. The van der Waals surface area contributed by atoms with E-state index in [0.29, 0.717) is 5.95 Å². The Kier molecular flexibility index (Phi) is 6.39. The molecule has 1 aliphatic rings. The van der Waals surface area contributed by atoms with Crippen LogP contribution >= 0.6 is 0 Å². The highest BCUT2D eigenvalue weighted by atomic mass is 15.2. The van der Waals surface area contributed by atoms with Gasteiger partial charge in [0.25, 0.3) is 0 Å². The molecule has 1 aliphatic carbocycles. The summed E-state index contributed by atoms with van der Waals surface area (Å²) in [7, 11) is 0. The first kappa shape index (κ1) is 30.2. The molecule has 5 nitrogen and oxygen atoms in total. The Morgan fingerprint density at radius 1 is 0.455 bits per heavy atom. The molecule has 0 saturated carbocycles. The summed E-state index contributed by atoms with van der Waals surface area (Å²) in [4.78, 5) is 11.2. The predicted octanol–water partition coefficient (Wildman–Crippen LogP) is 12.8. The first-order valence-corrected chi connectivity index (χ1v) is 19.0. The van der Waals surface area contributed by atoms with Crippen molar-refractivity contribution in [1.82, 2.24) is 23.7 Å². The minimum Gasteiger partial charge on any atom is -0.309 e. The van der Waals surface area contributed by atoms with Crippen LogP contribution in [0, 0.1) is 0 Å². The summed E-state index contributed by atoms with van der Waals surface area (Å²) in [6.07, 6.45) is 8.92. The molecule has 0 atom stereocenters. The SMILES string of the molecule is C1=CC(n2c3cc4ccccc4cc3c3nc(-n4c5ccccc5c5c6c7ccccc7n(-c7ccccc7)c6ccc54)nc(-c4ccccc4)c32)=CCC1. The minimum absolute atomic E-state index is 0.657. The Morgan fingerprint density at radius 2 is 1.07 bits per heavy atom. The lowest BCUT2D eigenvalue weighted by molar-refractivity contribution is 1.00. The smallest absolute Gasteiger partial charge is 0.235 e. The number of para-hydroxylation sites is 3. The van der Waals surface area contributed by atoms with Crippen molar-refractivity contribution in [2.24, 2.45) is 0 Å². The van der Waals surface area contributed by atoms with Gasteiger partial charge in [0.2, 0.25) is 5.95 Å². The fraction of sp³-hybridized carbons (Fsp3) is 0.0400.